The molecule has 0 aliphatic carbocycles. The molecule has 0 fully saturated rings. The Morgan fingerprint density at radius 2 is 1.72 bits per heavy atom. The second-order valence-corrected chi connectivity index (χ2v) is 8.26. The second-order valence-electron chi connectivity index (χ2n) is 6.78. The Hall–Kier alpha value is -3.29. The van der Waals surface area contributed by atoms with E-state index in [1.165, 1.54) is 18.0 Å². The number of rotatable bonds is 9. The fraction of sp³-hybridized carbons (Fsp3) is 0.125. The summed E-state index contributed by atoms with van der Waals surface area (Å²) in [5, 5.41) is 7.43. The van der Waals surface area contributed by atoms with Gasteiger partial charge in [0.15, 0.2) is 6.61 Å². The molecule has 2 N–H and O–H groups in total. The molecule has 3 rings (SSSR count). The Kier molecular flexibility index (Phi) is 8.71. The molecule has 3 aromatic carbocycles. The van der Waals surface area contributed by atoms with E-state index in [1.54, 1.807) is 30.3 Å². The van der Waals surface area contributed by atoms with Crippen molar-refractivity contribution in [2.45, 2.75) is 11.8 Å². The molecule has 0 aliphatic rings. The van der Waals surface area contributed by atoms with Gasteiger partial charge in [-0.3, -0.25) is 9.59 Å². The molecule has 0 saturated heterocycles. The fourth-order valence-corrected chi connectivity index (χ4v) is 3.40. The van der Waals surface area contributed by atoms with Crippen LogP contribution in [0.5, 0.6) is 5.75 Å². The zero-order chi connectivity index (χ0) is 22.8. The highest BCUT2D eigenvalue weighted by atomic mass is 35.5. The Morgan fingerprint density at radius 1 is 1.00 bits per heavy atom. The number of nitrogens with zero attached hydrogens (tertiary/aromatic N) is 1. The van der Waals surface area contributed by atoms with Gasteiger partial charge in [-0.2, -0.15) is 5.10 Å². The minimum atomic E-state index is -0.270. The van der Waals surface area contributed by atoms with Gasteiger partial charge in [-0.25, -0.2) is 5.43 Å². The molecule has 0 saturated carbocycles. The number of anilines is 1. The van der Waals surface area contributed by atoms with Gasteiger partial charge in [0, 0.05) is 21.2 Å². The number of carbonyl (C=O) groups excluding carboxylic acids is 2. The molecule has 0 bridgehead atoms. The first kappa shape index (κ1) is 23.4. The van der Waals surface area contributed by atoms with Gasteiger partial charge in [0.1, 0.15) is 5.75 Å². The summed E-state index contributed by atoms with van der Waals surface area (Å²) in [6, 6.07) is 21.9. The van der Waals surface area contributed by atoms with E-state index < -0.39 is 0 Å². The van der Waals surface area contributed by atoms with Gasteiger partial charge in [-0.1, -0.05) is 41.4 Å². The van der Waals surface area contributed by atoms with Crippen LogP contribution in [0.2, 0.25) is 5.02 Å². The highest BCUT2D eigenvalue weighted by Gasteiger charge is 2.07. The van der Waals surface area contributed by atoms with Crippen LogP contribution in [0.15, 0.2) is 82.8 Å². The van der Waals surface area contributed by atoms with Crippen molar-refractivity contribution in [3.8, 4) is 5.75 Å². The van der Waals surface area contributed by atoms with E-state index in [9.17, 15) is 9.59 Å². The number of hydrogen-bond donors (Lipinski definition) is 2. The Morgan fingerprint density at radius 3 is 2.47 bits per heavy atom. The summed E-state index contributed by atoms with van der Waals surface area (Å²) in [6.45, 7) is 1.83. The molecule has 0 aromatic heterocycles. The first-order valence-corrected chi connectivity index (χ1v) is 11.1. The van der Waals surface area contributed by atoms with Crippen LogP contribution in [0, 0.1) is 6.92 Å². The van der Waals surface area contributed by atoms with Gasteiger partial charge in [0.2, 0.25) is 5.91 Å². The molecule has 0 radical (unpaired) electrons. The molecule has 32 heavy (non-hydrogen) atoms. The lowest BCUT2D eigenvalue weighted by atomic mass is 10.2. The third-order valence-electron chi connectivity index (χ3n) is 4.19. The lowest BCUT2D eigenvalue weighted by Crippen LogP contribution is -2.21. The van der Waals surface area contributed by atoms with Gasteiger partial charge < -0.3 is 10.1 Å². The van der Waals surface area contributed by atoms with Crippen molar-refractivity contribution in [3.05, 3.63) is 88.9 Å². The van der Waals surface area contributed by atoms with Crippen LogP contribution in [0.3, 0.4) is 0 Å². The van der Waals surface area contributed by atoms with Crippen LogP contribution in [-0.2, 0) is 9.59 Å². The largest absolute Gasteiger partial charge is 0.483 e. The smallest absolute Gasteiger partial charge is 0.262 e. The van der Waals surface area contributed by atoms with Crippen LogP contribution in [0.4, 0.5) is 5.69 Å². The van der Waals surface area contributed by atoms with Gasteiger partial charge in [-0.15, -0.1) is 11.8 Å². The monoisotopic (exact) mass is 467 g/mol. The molecule has 6 nitrogen and oxygen atoms in total. The van der Waals surface area contributed by atoms with Crippen LogP contribution in [-0.4, -0.2) is 30.4 Å². The van der Waals surface area contributed by atoms with Crippen LogP contribution >= 0.6 is 23.4 Å². The average molecular weight is 468 g/mol. The highest BCUT2D eigenvalue weighted by molar-refractivity contribution is 8.00. The van der Waals surface area contributed by atoms with E-state index in [0.717, 1.165) is 10.5 Å². The summed E-state index contributed by atoms with van der Waals surface area (Å²) in [5.74, 6) is 0.196. The summed E-state index contributed by atoms with van der Waals surface area (Å²) in [5.41, 5.74) is 4.95. The number of carbonyl (C=O) groups is 2. The number of para-hydroxylation sites is 1. The Balaban J connectivity index is 1.47. The van der Waals surface area contributed by atoms with Gasteiger partial charge in [0.05, 0.1) is 12.0 Å². The number of ether oxygens (including phenoxy) is 1. The third-order valence-corrected chi connectivity index (χ3v) is 5.45. The number of nitrogens with one attached hydrogen (secondary N) is 2. The zero-order valence-electron chi connectivity index (χ0n) is 17.4. The lowest BCUT2D eigenvalue weighted by Gasteiger charge is -2.09. The number of hydrazone groups is 1. The van der Waals surface area contributed by atoms with E-state index in [4.69, 9.17) is 16.3 Å². The predicted octanol–water partition coefficient (Wildman–Crippen LogP) is 4.91. The molecule has 8 heteroatoms. The molecule has 0 spiro atoms. The Labute approximate surface area is 196 Å². The number of amides is 2. The van der Waals surface area contributed by atoms with Crippen LogP contribution < -0.4 is 15.5 Å². The zero-order valence-corrected chi connectivity index (χ0v) is 19.0. The topological polar surface area (TPSA) is 79.8 Å². The number of halogens is 1. The van der Waals surface area contributed by atoms with Crippen molar-refractivity contribution in [1.82, 2.24) is 5.43 Å². The quantitative estimate of drug-likeness (QED) is 0.266. The molecule has 0 heterocycles. The Bertz CT molecular complexity index is 1090. The maximum absolute atomic E-state index is 12.2. The third kappa shape index (κ3) is 7.76. The maximum Gasteiger partial charge on any atom is 0.262 e. The van der Waals surface area contributed by atoms with Crippen molar-refractivity contribution in [1.29, 1.82) is 0 Å². The first-order valence-electron chi connectivity index (χ1n) is 9.78. The number of thioether (sulfide) groups is 1. The normalized spacial score (nSPS) is 10.7. The van der Waals surface area contributed by atoms with Crippen molar-refractivity contribution >= 4 is 47.1 Å². The first-order chi connectivity index (χ1) is 15.5. The van der Waals surface area contributed by atoms with Gasteiger partial charge in [-0.05, 0) is 55.5 Å². The summed E-state index contributed by atoms with van der Waals surface area (Å²) in [6.07, 6.45) is 1.48. The molecular formula is C24H22ClN3O3S. The van der Waals surface area contributed by atoms with E-state index in [0.29, 0.717) is 22.0 Å². The van der Waals surface area contributed by atoms with Crippen molar-refractivity contribution in [2.24, 2.45) is 5.10 Å². The minimum absolute atomic E-state index is 0.150. The molecule has 3 aromatic rings. The highest BCUT2D eigenvalue weighted by Crippen LogP contribution is 2.20. The summed E-state index contributed by atoms with van der Waals surface area (Å²) in [4.78, 5) is 25.1. The van der Waals surface area contributed by atoms with Gasteiger partial charge in [0.25, 0.3) is 5.91 Å². The molecule has 2 amide bonds. The lowest BCUT2D eigenvalue weighted by molar-refractivity contribution is -0.119. The number of aryl methyl sites for hydroxylation is 1. The van der Waals surface area contributed by atoms with Crippen molar-refractivity contribution in [3.63, 3.8) is 0 Å². The van der Waals surface area contributed by atoms with Crippen LogP contribution in [0.1, 0.15) is 11.1 Å². The van der Waals surface area contributed by atoms with E-state index in [1.807, 2.05) is 49.4 Å². The number of hydrogen-bond acceptors (Lipinski definition) is 5. The molecule has 0 atom stereocenters. The van der Waals surface area contributed by atoms with Crippen molar-refractivity contribution in [2.75, 3.05) is 17.7 Å². The molecular weight excluding hydrogens is 446 g/mol. The minimum Gasteiger partial charge on any atom is -0.483 e. The fourth-order valence-electron chi connectivity index (χ4n) is 2.58. The van der Waals surface area contributed by atoms with E-state index in [2.05, 4.69) is 15.8 Å². The average Bonchev–Trinajstić information content (AvgIpc) is 2.79. The van der Waals surface area contributed by atoms with E-state index >= 15 is 0 Å². The summed E-state index contributed by atoms with van der Waals surface area (Å²) in [7, 11) is 0. The SMILES string of the molecule is Cc1ccc(NC(=O)COc2ccccc2/C=N\NC(=O)CSc2ccc(Cl)cc2)cc1. The summed E-state index contributed by atoms with van der Waals surface area (Å²) < 4.78 is 5.64. The second kappa shape index (κ2) is 11.9. The van der Waals surface area contributed by atoms with Gasteiger partial charge >= 0.3 is 0 Å². The number of benzene rings is 3. The van der Waals surface area contributed by atoms with Crippen molar-refractivity contribution < 1.29 is 14.3 Å². The predicted molar refractivity (Wildman–Crippen MR) is 130 cm³/mol. The molecule has 0 unspecified atom stereocenters. The maximum atomic E-state index is 12.2. The molecule has 164 valence electrons. The van der Waals surface area contributed by atoms with E-state index in [-0.39, 0.29) is 24.2 Å². The van der Waals surface area contributed by atoms with Crippen LogP contribution in [0.25, 0.3) is 0 Å². The summed E-state index contributed by atoms with van der Waals surface area (Å²) >= 11 is 7.24. The molecule has 0 aliphatic heterocycles. The standard InChI is InChI=1S/C24H22ClN3O3S/c1-17-6-10-20(11-7-17)27-23(29)15-31-22-5-3-2-4-18(22)14-26-28-24(30)16-32-21-12-8-19(25)9-13-21/h2-14H,15-16H2,1H3,(H,27,29)(H,28,30)/b26-14-.